The predicted octanol–water partition coefficient (Wildman–Crippen LogP) is 3.45. The van der Waals surface area contributed by atoms with Crippen molar-refractivity contribution in [2.24, 2.45) is 0 Å². The van der Waals surface area contributed by atoms with Crippen LogP contribution < -0.4 is 5.32 Å². The fraction of sp³-hybridized carbons (Fsp3) is 0.368. The fourth-order valence-electron chi connectivity index (χ4n) is 3.59. The third-order valence-corrected chi connectivity index (χ3v) is 4.91. The lowest BCUT2D eigenvalue weighted by molar-refractivity contribution is 0.00948. The summed E-state index contributed by atoms with van der Waals surface area (Å²) in [4.78, 5) is 19.2. The molecule has 1 aromatic carbocycles. The Hall–Kier alpha value is -2.40. The Bertz CT molecular complexity index is 732. The molecule has 2 fully saturated rings. The molecular formula is C19H21N3O2. The van der Waals surface area contributed by atoms with E-state index >= 15 is 0 Å². The van der Waals surface area contributed by atoms with Crippen LogP contribution in [0.25, 0.3) is 11.1 Å². The zero-order valence-electron chi connectivity index (χ0n) is 13.7. The number of aromatic nitrogens is 1. The van der Waals surface area contributed by atoms with Gasteiger partial charge in [-0.15, -0.1) is 0 Å². The number of pyridine rings is 1. The highest BCUT2D eigenvalue weighted by molar-refractivity contribution is 5.91. The molecular weight excluding hydrogens is 302 g/mol. The molecule has 3 heterocycles. The highest BCUT2D eigenvalue weighted by Gasteiger charge is 2.40. The Kier molecular flexibility index (Phi) is 3.94. The number of rotatable bonds is 2. The summed E-state index contributed by atoms with van der Waals surface area (Å²) in [6, 6.07) is 12.4. The van der Waals surface area contributed by atoms with Crippen molar-refractivity contribution >= 4 is 11.7 Å². The van der Waals surface area contributed by atoms with Crippen molar-refractivity contribution in [3.8, 4) is 11.1 Å². The summed E-state index contributed by atoms with van der Waals surface area (Å²) >= 11 is 0. The Labute approximate surface area is 141 Å². The number of nitrogens with one attached hydrogen (secondary N) is 1. The maximum atomic E-state index is 12.8. The normalized spacial score (nSPS) is 22.5. The van der Waals surface area contributed by atoms with Crippen molar-refractivity contribution in [1.29, 1.82) is 0 Å². The molecule has 2 aliphatic heterocycles. The van der Waals surface area contributed by atoms with E-state index in [-0.39, 0.29) is 18.1 Å². The van der Waals surface area contributed by atoms with E-state index in [0.717, 1.165) is 35.3 Å². The first-order valence-electron chi connectivity index (χ1n) is 8.41. The average Bonchev–Trinajstić information content (AvgIpc) is 2.87. The van der Waals surface area contributed by atoms with Gasteiger partial charge in [0.2, 0.25) is 0 Å². The largest absolute Gasteiger partial charge is 0.377 e. The van der Waals surface area contributed by atoms with Crippen molar-refractivity contribution < 1.29 is 9.53 Å². The molecule has 2 saturated heterocycles. The smallest absolute Gasteiger partial charge is 0.322 e. The molecule has 2 unspecified atom stereocenters. The van der Waals surface area contributed by atoms with Crippen molar-refractivity contribution in [3.05, 3.63) is 48.3 Å². The van der Waals surface area contributed by atoms with E-state index in [1.807, 2.05) is 54.4 Å². The monoisotopic (exact) mass is 323 g/mol. The number of anilines is 1. The quantitative estimate of drug-likeness (QED) is 0.921. The Morgan fingerprint density at radius 2 is 1.88 bits per heavy atom. The number of benzene rings is 1. The number of nitrogens with zero attached hydrogens (tertiary/aromatic N) is 2. The lowest BCUT2D eigenvalue weighted by Crippen LogP contribution is -2.50. The lowest BCUT2D eigenvalue weighted by Gasteiger charge is -2.34. The molecule has 0 saturated carbocycles. The summed E-state index contributed by atoms with van der Waals surface area (Å²) in [5.74, 6) is 0. The van der Waals surface area contributed by atoms with Gasteiger partial charge >= 0.3 is 6.03 Å². The summed E-state index contributed by atoms with van der Waals surface area (Å²) in [7, 11) is 0. The van der Waals surface area contributed by atoms with Crippen LogP contribution in [0.1, 0.15) is 18.5 Å². The van der Waals surface area contributed by atoms with E-state index in [1.165, 1.54) is 0 Å². The fourth-order valence-corrected chi connectivity index (χ4v) is 3.59. The number of morpholine rings is 1. The predicted molar refractivity (Wildman–Crippen MR) is 92.9 cm³/mol. The van der Waals surface area contributed by atoms with E-state index in [9.17, 15) is 4.79 Å². The summed E-state index contributed by atoms with van der Waals surface area (Å²) < 4.78 is 5.55. The van der Waals surface area contributed by atoms with Crippen LogP contribution in [0, 0.1) is 6.92 Å². The maximum Gasteiger partial charge on any atom is 0.322 e. The van der Waals surface area contributed by atoms with Gasteiger partial charge in [-0.1, -0.05) is 30.3 Å². The molecule has 1 N–H and O–H groups in total. The summed E-state index contributed by atoms with van der Waals surface area (Å²) in [6.07, 6.45) is 3.90. The molecule has 0 spiro atoms. The van der Waals surface area contributed by atoms with E-state index in [0.29, 0.717) is 13.2 Å². The highest BCUT2D eigenvalue weighted by atomic mass is 16.5. The number of amides is 2. The second kappa shape index (κ2) is 6.24. The number of fused-ring (bicyclic) bond motifs is 2. The van der Waals surface area contributed by atoms with Gasteiger partial charge in [0.25, 0.3) is 0 Å². The maximum absolute atomic E-state index is 12.8. The Morgan fingerprint density at radius 3 is 2.58 bits per heavy atom. The minimum absolute atomic E-state index is 0.0408. The first-order valence-corrected chi connectivity index (χ1v) is 8.41. The number of aryl methyl sites for hydroxylation is 1. The van der Waals surface area contributed by atoms with Crippen molar-refractivity contribution in [2.75, 3.05) is 18.5 Å². The minimum Gasteiger partial charge on any atom is -0.377 e. The highest BCUT2D eigenvalue weighted by Crippen LogP contribution is 2.30. The number of ether oxygens (including phenoxy) is 1. The minimum atomic E-state index is -0.0408. The molecule has 2 bridgehead atoms. The van der Waals surface area contributed by atoms with Crippen molar-refractivity contribution in [3.63, 3.8) is 0 Å². The van der Waals surface area contributed by atoms with Gasteiger partial charge in [0, 0.05) is 11.8 Å². The van der Waals surface area contributed by atoms with Crippen LogP contribution in [-0.2, 0) is 4.74 Å². The van der Waals surface area contributed by atoms with Gasteiger partial charge in [-0.25, -0.2) is 4.79 Å². The van der Waals surface area contributed by atoms with E-state index < -0.39 is 0 Å². The van der Waals surface area contributed by atoms with Gasteiger partial charge in [-0.2, -0.15) is 0 Å². The number of urea groups is 1. The first-order chi connectivity index (χ1) is 11.7. The molecule has 5 nitrogen and oxygen atoms in total. The van der Waals surface area contributed by atoms with Gasteiger partial charge in [0.15, 0.2) is 0 Å². The summed E-state index contributed by atoms with van der Waals surface area (Å²) in [6.45, 7) is 3.20. The van der Waals surface area contributed by atoms with Gasteiger partial charge in [-0.3, -0.25) is 4.98 Å². The molecule has 2 atom stereocenters. The SMILES string of the molecule is Cc1ncc(-c2ccccc2)cc1NC(=O)N1C2CCC1COC2. The van der Waals surface area contributed by atoms with Gasteiger partial charge in [0.1, 0.15) is 0 Å². The zero-order valence-corrected chi connectivity index (χ0v) is 13.7. The molecule has 2 aliphatic rings. The second-order valence-electron chi connectivity index (χ2n) is 6.48. The molecule has 0 radical (unpaired) electrons. The van der Waals surface area contributed by atoms with Crippen molar-refractivity contribution in [1.82, 2.24) is 9.88 Å². The van der Waals surface area contributed by atoms with E-state index in [1.54, 1.807) is 0 Å². The number of carbonyl (C=O) groups is 1. The second-order valence-corrected chi connectivity index (χ2v) is 6.48. The molecule has 1 aromatic heterocycles. The topological polar surface area (TPSA) is 54.5 Å². The van der Waals surface area contributed by atoms with Crippen LogP contribution in [0.3, 0.4) is 0 Å². The zero-order chi connectivity index (χ0) is 16.5. The van der Waals surface area contributed by atoms with Gasteiger partial charge in [0.05, 0.1) is 36.7 Å². The summed E-state index contributed by atoms with van der Waals surface area (Å²) in [5.41, 5.74) is 3.68. The number of hydrogen-bond donors (Lipinski definition) is 1. The van der Waals surface area contributed by atoms with Crippen LogP contribution in [0.15, 0.2) is 42.6 Å². The lowest BCUT2D eigenvalue weighted by atomic mass is 10.1. The van der Waals surface area contributed by atoms with Crippen LogP contribution in [0.2, 0.25) is 0 Å². The third kappa shape index (κ3) is 2.76. The molecule has 24 heavy (non-hydrogen) atoms. The molecule has 5 heteroatoms. The average molecular weight is 323 g/mol. The molecule has 2 aromatic rings. The number of carbonyl (C=O) groups excluding carboxylic acids is 1. The third-order valence-electron chi connectivity index (χ3n) is 4.91. The van der Waals surface area contributed by atoms with E-state index in [2.05, 4.69) is 10.3 Å². The van der Waals surface area contributed by atoms with Crippen LogP contribution in [0.4, 0.5) is 10.5 Å². The molecule has 4 rings (SSSR count). The molecule has 124 valence electrons. The summed E-state index contributed by atoms with van der Waals surface area (Å²) in [5, 5.41) is 3.06. The van der Waals surface area contributed by atoms with Gasteiger partial charge < -0.3 is 15.0 Å². The Balaban J connectivity index is 1.57. The van der Waals surface area contributed by atoms with Crippen LogP contribution >= 0.6 is 0 Å². The number of hydrogen-bond acceptors (Lipinski definition) is 3. The van der Waals surface area contributed by atoms with Gasteiger partial charge in [-0.05, 0) is 31.4 Å². The first kappa shape index (κ1) is 15.1. The standard InChI is InChI=1S/C19H21N3O2/c1-13-18(9-15(10-20-13)14-5-3-2-4-6-14)21-19(23)22-16-7-8-17(22)12-24-11-16/h2-6,9-10,16-17H,7-8,11-12H2,1H3,(H,21,23). The van der Waals surface area contributed by atoms with Crippen molar-refractivity contribution in [2.45, 2.75) is 31.8 Å². The molecule has 0 aliphatic carbocycles. The molecule has 2 amide bonds. The van der Waals surface area contributed by atoms with E-state index in [4.69, 9.17) is 4.74 Å². The van der Waals surface area contributed by atoms with Crippen LogP contribution in [0.5, 0.6) is 0 Å². The van der Waals surface area contributed by atoms with Crippen LogP contribution in [-0.4, -0.2) is 41.2 Å². The Morgan fingerprint density at radius 1 is 1.17 bits per heavy atom.